The van der Waals surface area contributed by atoms with Gasteiger partial charge in [0.1, 0.15) is 0 Å². The van der Waals surface area contributed by atoms with Gasteiger partial charge < -0.3 is 19.7 Å². The molecule has 0 saturated carbocycles. The number of ether oxygens (including phenoxy) is 2. The first-order valence-corrected chi connectivity index (χ1v) is 9.46. The van der Waals surface area contributed by atoms with Crippen molar-refractivity contribution < 1.29 is 14.3 Å². The molecule has 0 aliphatic carbocycles. The van der Waals surface area contributed by atoms with Gasteiger partial charge in [-0.25, -0.2) is 4.79 Å². The number of carbonyl (C=O) groups excluding carboxylic acids is 1. The van der Waals surface area contributed by atoms with Gasteiger partial charge in [0.2, 0.25) is 0 Å². The second kappa shape index (κ2) is 9.22. The zero-order valence-electron chi connectivity index (χ0n) is 15.7. The number of methoxy groups -OCH3 is 1. The Morgan fingerprint density at radius 1 is 1.30 bits per heavy atom. The van der Waals surface area contributed by atoms with Crippen molar-refractivity contribution in [2.45, 2.75) is 12.3 Å². The van der Waals surface area contributed by atoms with Crippen molar-refractivity contribution in [1.82, 2.24) is 10.2 Å². The summed E-state index contributed by atoms with van der Waals surface area (Å²) in [5, 5.41) is 3.10. The predicted molar refractivity (Wildman–Crippen MR) is 107 cm³/mol. The Morgan fingerprint density at radius 2 is 2.07 bits per heavy atom. The van der Waals surface area contributed by atoms with Gasteiger partial charge in [0.25, 0.3) is 0 Å². The van der Waals surface area contributed by atoms with Gasteiger partial charge in [0, 0.05) is 32.7 Å². The number of hydrogen-bond acceptors (Lipinski definition) is 4. The summed E-state index contributed by atoms with van der Waals surface area (Å²) in [5.41, 5.74) is 3.60. The minimum atomic E-state index is -0.532. The summed E-state index contributed by atoms with van der Waals surface area (Å²) in [6.07, 6.45) is 0.380. The Morgan fingerprint density at radius 3 is 2.81 bits per heavy atom. The lowest BCUT2D eigenvalue weighted by atomic mass is 9.88. The largest absolute Gasteiger partial charge is 0.412 e. The first kappa shape index (κ1) is 19.7. The number of hydrogen-bond donors (Lipinski definition) is 1. The Hall–Kier alpha value is -2.08. The van der Waals surface area contributed by atoms with Gasteiger partial charge in [0.15, 0.2) is 5.75 Å². The fourth-order valence-electron chi connectivity index (χ4n) is 3.40. The number of benzene rings is 2. The fraction of sp³-hybridized carbons (Fsp3) is 0.381. The van der Waals surface area contributed by atoms with Crippen LogP contribution in [0.5, 0.6) is 5.75 Å². The van der Waals surface area contributed by atoms with Crippen LogP contribution >= 0.6 is 11.6 Å². The topological polar surface area (TPSA) is 50.8 Å². The van der Waals surface area contributed by atoms with E-state index in [-0.39, 0.29) is 5.92 Å². The Labute approximate surface area is 165 Å². The van der Waals surface area contributed by atoms with Crippen LogP contribution in [-0.4, -0.2) is 51.4 Å². The van der Waals surface area contributed by atoms with E-state index >= 15 is 0 Å². The van der Waals surface area contributed by atoms with E-state index in [1.807, 2.05) is 18.2 Å². The highest BCUT2D eigenvalue weighted by atomic mass is 35.5. The number of nitrogens with zero attached hydrogens (tertiary/aromatic N) is 1. The molecular formula is C21H25ClN2O3. The van der Waals surface area contributed by atoms with Crippen molar-refractivity contribution in [3.05, 3.63) is 64.2 Å². The number of likely N-dealkylation sites (N-methyl/N-ethyl adjacent to an activating group) is 1. The first-order valence-electron chi connectivity index (χ1n) is 9.09. The molecule has 0 fully saturated rings. The van der Waals surface area contributed by atoms with Crippen LogP contribution in [0.25, 0.3) is 0 Å². The van der Waals surface area contributed by atoms with Crippen LogP contribution in [0.4, 0.5) is 4.79 Å². The Balaban J connectivity index is 1.90. The zero-order chi connectivity index (χ0) is 19.2. The lowest BCUT2D eigenvalue weighted by molar-refractivity contribution is 0.180. The van der Waals surface area contributed by atoms with Crippen LogP contribution in [0.15, 0.2) is 42.5 Å². The standard InChI is InChI=1S/C21H25ClN2O3/c1-24-10-8-16-12-19(22)20(27-21(25)23-9-11-26-2)13-17(16)18(14-24)15-6-4-3-5-7-15/h3-7,12-13,18H,8-11,14H2,1-2H3,(H,23,25)/t18-/m0/s1. The number of halogens is 1. The van der Waals surface area contributed by atoms with Gasteiger partial charge in [-0.2, -0.15) is 0 Å². The minimum absolute atomic E-state index is 0.199. The van der Waals surface area contributed by atoms with Crippen molar-refractivity contribution in [2.24, 2.45) is 0 Å². The number of carbonyl (C=O) groups is 1. The highest BCUT2D eigenvalue weighted by Gasteiger charge is 2.25. The van der Waals surface area contributed by atoms with Crippen LogP contribution in [0.1, 0.15) is 22.6 Å². The molecule has 1 N–H and O–H groups in total. The van der Waals surface area contributed by atoms with Gasteiger partial charge in [-0.15, -0.1) is 0 Å². The molecule has 1 amide bonds. The maximum Gasteiger partial charge on any atom is 0.412 e. The van der Waals surface area contributed by atoms with E-state index in [0.29, 0.717) is 23.9 Å². The molecule has 6 heteroatoms. The number of amides is 1. The molecule has 0 bridgehead atoms. The summed E-state index contributed by atoms with van der Waals surface area (Å²) >= 11 is 6.41. The number of rotatable bonds is 5. The molecule has 27 heavy (non-hydrogen) atoms. The minimum Gasteiger partial charge on any atom is -0.409 e. The normalized spacial score (nSPS) is 17.1. The number of fused-ring (bicyclic) bond motifs is 1. The SMILES string of the molecule is COCCNC(=O)Oc1cc2c(cc1Cl)CCN(C)C[C@H]2c1ccccc1. The summed E-state index contributed by atoms with van der Waals surface area (Å²) in [5.74, 6) is 0.584. The van der Waals surface area contributed by atoms with Gasteiger partial charge in [-0.1, -0.05) is 41.9 Å². The monoisotopic (exact) mass is 388 g/mol. The Bertz CT molecular complexity index is 782. The lowest BCUT2D eigenvalue weighted by Gasteiger charge is -2.22. The highest BCUT2D eigenvalue weighted by Crippen LogP contribution is 2.37. The molecule has 1 aliphatic rings. The molecule has 2 aromatic carbocycles. The molecule has 144 valence electrons. The van der Waals surface area contributed by atoms with Crippen LogP contribution in [0.2, 0.25) is 5.02 Å². The van der Waals surface area contributed by atoms with Crippen LogP contribution < -0.4 is 10.1 Å². The van der Waals surface area contributed by atoms with E-state index in [1.165, 1.54) is 11.1 Å². The second-order valence-corrected chi connectivity index (χ2v) is 7.17. The van der Waals surface area contributed by atoms with Gasteiger partial charge in [-0.3, -0.25) is 0 Å². The third-order valence-electron chi connectivity index (χ3n) is 4.81. The first-order chi connectivity index (χ1) is 13.1. The molecule has 2 aromatic rings. The van der Waals surface area contributed by atoms with E-state index in [0.717, 1.165) is 25.1 Å². The summed E-state index contributed by atoms with van der Waals surface area (Å²) in [6.45, 7) is 2.67. The summed E-state index contributed by atoms with van der Waals surface area (Å²) in [7, 11) is 3.71. The summed E-state index contributed by atoms with van der Waals surface area (Å²) < 4.78 is 10.4. The third-order valence-corrected chi connectivity index (χ3v) is 5.10. The van der Waals surface area contributed by atoms with E-state index < -0.39 is 6.09 Å². The predicted octanol–water partition coefficient (Wildman–Crippen LogP) is 3.69. The van der Waals surface area contributed by atoms with Gasteiger partial charge >= 0.3 is 6.09 Å². The van der Waals surface area contributed by atoms with Crippen LogP contribution in [-0.2, 0) is 11.2 Å². The number of nitrogens with one attached hydrogen (secondary N) is 1. The zero-order valence-corrected chi connectivity index (χ0v) is 16.5. The summed E-state index contributed by atoms with van der Waals surface area (Å²) in [4.78, 5) is 14.3. The van der Waals surface area contributed by atoms with E-state index in [2.05, 4.69) is 41.5 Å². The average Bonchev–Trinajstić information content (AvgIpc) is 2.82. The van der Waals surface area contributed by atoms with Crippen LogP contribution in [0.3, 0.4) is 0 Å². The van der Waals surface area contributed by atoms with E-state index in [9.17, 15) is 4.79 Å². The van der Waals surface area contributed by atoms with E-state index in [4.69, 9.17) is 21.1 Å². The smallest absolute Gasteiger partial charge is 0.409 e. The van der Waals surface area contributed by atoms with Crippen molar-refractivity contribution in [3.8, 4) is 5.75 Å². The van der Waals surface area contributed by atoms with Crippen molar-refractivity contribution in [2.75, 3.05) is 40.4 Å². The average molecular weight is 389 g/mol. The van der Waals surface area contributed by atoms with Gasteiger partial charge in [-0.05, 0) is 42.3 Å². The molecule has 1 aliphatic heterocycles. The third kappa shape index (κ3) is 5.01. The van der Waals surface area contributed by atoms with Crippen molar-refractivity contribution >= 4 is 17.7 Å². The van der Waals surface area contributed by atoms with Crippen molar-refractivity contribution in [3.63, 3.8) is 0 Å². The molecular weight excluding hydrogens is 364 g/mol. The quantitative estimate of drug-likeness (QED) is 0.793. The van der Waals surface area contributed by atoms with Crippen LogP contribution in [0, 0.1) is 0 Å². The fourth-order valence-corrected chi connectivity index (χ4v) is 3.63. The molecule has 5 nitrogen and oxygen atoms in total. The second-order valence-electron chi connectivity index (χ2n) is 6.77. The maximum absolute atomic E-state index is 12.0. The molecule has 0 spiro atoms. The summed E-state index contributed by atoms with van der Waals surface area (Å²) in [6, 6.07) is 14.3. The molecule has 0 aromatic heterocycles. The van der Waals surface area contributed by atoms with Crippen molar-refractivity contribution in [1.29, 1.82) is 0 Å². The molecule has 1 atom stereocenters. The van der Waals surface area contributed by atoms with E-state index in [1.54, 1.807) is 7.11 Å². The molecule has 0 saturated heterocycles. The molecule has 1 heterocycles. The Kier molecular flexibility index (Phi) is 6.72. The molecule has 0 unspecified atom stereocenters. The molecule has 0 radical (unpaired) electrons. The maximum atomic E-state index is 12.0. The lowest BCUT2D eigenvalue weighted by Crippen LogP contribution is -2.30. The molecule has 3 rings (SSSR count). The highest BCUT2D eigenvalue weighted by molar-refractivity contribution is 6.32. The van der Waals surface area contributed by atoms with Gasteiger partial charge in [0.05, 0.1) is 11.6 Å².